The van der Waals surface area contributed by atoms with Crippen molar-refractivity contribution in [1.82, 2.24) is 19.7 Å². The molecule has 9 heteroatoms. The van der Waals surface area contributed by atoms with E-state index in [4.69, 9.17) is 16.3 Å². The average molecular weight is 437 g/mol. The van der Waals surface area contributed by atoms with Gasteiger partial charge in [0, 0.05) is 19.2 Å². The first kappa shape index (κ1) is 17.7. The maximum atomic E-state index is 6.33. The number of aromatic nitrogens is 2. The van der Waals surface area contributed by atoms with Crippen molar-refractivity contribution in [2.45, 2.75) is 37.2 Å². The highest BCUT2D eigenvalue weighted by molar-refractivity contribution is 9.11. The lowest BCUT2D eigenvalue weighted by Gasteiger charge is -2.29. The van der Waals surface area contributed by atoms with E-state index in [0.717, 1.165) is 32.9 Å². The van der Waals surface area contributed by atoms with Gasteiger partial charge in [-0.05, 0) is 59.1 Å². The highest BCUT2D eigenvalue weighted by atomic mass is 79.9. The van der Waals surface area contributed by atoms with Crippen LogP contribution in [0.15, 0.2) is 39.4 Å². The van der Waals surface area contributed by atoms with Crippen LogP contribution in [0.4, 0.5) is 0 Å². The SMILES string of the molecule is CC1=CNSc2c(OC3CC=C(N(N)CC4CC4)C(N)=C3Br)ncnc21. The molecule has 138 valence electrons. The predicted octanol–water partition coefficient (Wildman–Crippen LogP) is 2.63. The van der Waals surface area contributed by atoms with Crippen molar-refractivity contribution in [2.75, 3.05) is 6.54 Å². The Morgan fingerprint density at radius 1 is 1.42 bits per heavy atom. The van der Waals surface area contributed by atoms with Crippen molar-refractivity contribution in [1.29, 1.82) is 0 Å². The Kier molecular flexibility index (Phi) is 4.85. The van der Waals surface area contributed by atoms with Crippen LogP contribution in [-0.2, 0) is 0 Å². The third-order valence-electron chi connectivity index (χ3n) is 4.64. The molecule has 0 saturated heterocycles. The first-order valence-corrected chi connectivity index (χ1v) is 10.1. The van der Waals surface area contributed by atoms with Gasteiger partial charge >= 0.3 is 0 Å². The van der Waals surface area contributed by atoms with E-state index in [0.29, 0.717) is 23.9 Å². The highest BCUT2D eigenvalue weighted by Crippen LogP contribution is 2.38. The quantitative estimate of drug-likeness (QED) is 0.367. The number of allylic oxidation sites excluding steroid dienone is 1. The van der Waals surface area contributed by atoms with Crippen LogP contribution >= 0.6 is 27.9 Å². The van der Waals surface area contributed by atoms with Crippen molar-refractivity contribution in [3.63, 3.8) is 0 Å². The number of hydrazine groups is 1. The Balaban J connectivity index is 1.53. The van der Waals surface area contributed by atoms with Crippen molar-refractivity contribution in [2.24, 2.45) is 17.5 Å². The minimum absolute atomic E-state index is 0.237. The molecule has 3 aliphatic rings. The molecule has 1 aromatic rings. The van der Waals surface area contributed by atoms with Crippen LogP contribution in [0.5, 0.6) is 5.88 Å². The third kappa shape index (κ3) is 3.43. The van der Waals surface area contributed by atoms with E-state index < -0.39 is 0 Å². The molecule has 1 saturated carbocycles. The van der Waals surface area contributed by atoms with E-state index in [2.05, 4.69) is 30.6 Å². The topological polar surface area (TPSA) is 102 Å². The fourth-order valence-corrected chi connectivity index (χ4v) is 4.31. The van der Waals surface area contributed by atoms with Crippen LogP contribution in [0, 0.1) is 5.92 Å². The molecule has 26 heavy (non-hydrogen) atoms. The molecule has 0 spiro atoms. The molecular weight excluding hydrogens is 416 g/mol. The zero-order valence-electron chi connectivity index (χ0n) is 14.4. The molecule has 1 atom stereocenters. The minimum atomic E-state index is -0.237. The molecule has 5 N–H and O–H groups in total. The highest BCUT2D eigenvalue weighted by Gasteiger charge is 2.30. The Labute approximate surface area is 165 Å². The number of ether oxygens (including phenoxy) is 1. The predicted molar refractivity (Wildman–Crippen MR) is 106 cm³/mol. The van der Waals surface area contributed by atoms with Gasteiger partial charge in [-0.25, -0.2) is 15.8 Å². The Bertz CT molecular complexity index is 819. The summed E-state index contributed by atoms with van der Waals surface area (Å²) in [7, 11) is 0. The Morgan fingerprint density at radius 2 is 2.23 bits per heavy atom. The summed E-state index contributed by atoms with van der Waals surface area (Å²) in [4.78, 5) is 9.56. The van der Waals surface area contributed by atoms with Crippen LogP contribution < -0.4 is 21.0 Å². The number of hydrogen-bond donors (Lipinski definition) is 3. The molecule has 0 amide bonds. The number of nitrogens with one attached hydrogen (secondary N) is 1. The maximum absolute atomic E-state index is 6.33. The van der Waals surface area contributed by atoms with Crippen LogP contribution in [0.2, 0.25) is 0 Å². The van der Waals surface area contributed by atoms with Crippen molar-refractivity contribution in [3.05, 3.63) is 40.2 Å². The Hall–Kier alpha value is -1.71. The molecule has 7 nitrogen and oxygen atoms in total. The summed E-state index contributed by atoms with van der Waals surface area (Å²) in [5.74, 6) is 7.44. The molecule has 4 rings (SSSR count). The molecule has 0 aromatic carbocycles. The molecule has 1 unspecified atom stereocenters. The summed E-state index contributed by atoms with van der Waals surface area (Å²) in [6, 6.07) is 0. The van der Waals surface area contributed by atoms with E-state index in [1.165, 1.54) is 31.1 Å². The molecule has 2 heterocycles. The van der Waals surface area contributed by atoms with Gasteiger partial charge < -0.3 is 20.2 Å². The number of hydrogen-bond acceptors (Lipinski definition) is 8. The van der Waals surface area contributed by atoms with Gasteiger partial charge in [0.1, 0.15) is 17.3 Å². The fraction of sp³-hybridized carbons (Fsp3) is 0.412. The van der Waals surface area contributed by atoms with Gasteiger partial charge in [-0.2, -0.15) is 0 Å². The molecule has 2 aliphatic carbocycles. The molecule has 1 fully saturated rings. The van der Waals surface area contributed by atoms with Crippen LogP contribution in [0.1, 0.15) is 31.9 Å². The van der Waals surface area contributed by atoms with Crippen LogP contribution in [-0.4, -0.2) is 27.6 Å². The molecular formula is C17H21BrN6OS. The second-order valence-corrected chi connectivity index (χ2v) is 8.40. The summed E-state index contributed by atoms with van der Waals surface area (Å²) < 4.78 is 10.1. The van der Waals surface area contributed by atoms with Gasteiger partial charge in [0.25, 0.3) is 0 Å². The molecule has 0 bridgehead atoms. The fourth-order valence-electron chi connectivity index (χ4n) is 2.97. The van der Waals surface area contributed by atoms with E-state index in [-0.39, 0.29) is 6.10 Å². The number of rotatable bonds is 5. The minimum Gasteiger partial charge on any atom is -0.468 e. The second-order valence-electron chi connectivity index (χ2n) is 6.69. The van der Waals surface area contributed by atoms with Gasteiger partial charge in [0.15, 0.2) is 0 Å². The number of fused-ring (bicyclic) bond motifs is 1. The van der Waals surface area contributed by atoms with Crippen LogP contribution in [0.25, 0.3) is 5.57 Å². The van der Waals surface area contributed by atoms with E-state index in [1.807, 2.05) is 19.2 Å². The van der Waals surface area contributed by atoms with E-state index in [1.54, 1.807) is 5.01 Å². The van der Waals surface area contributed by atoms with Gasteiger partial charge in [0.05, 0.1) is 21.6 Å². The largest absolute Gasteiger partial charge is 0.468 e. The first-order valence-electron chi connectivity index (χ1n) is 8.53. The summed E-state index contributed by atoms with van der Waals surface area (Å²) in [5.41, 5.74) is 9.74. The summed E-state index contributed by atoms with van der Waals surface area (Å²) in [6.45, 7) is 2.84. The molecule has 1 aliphatic heterocycles. The zero-order chi connectivity index (χ0) is 18.3. The van der Waals surface area contributed by atoms with Crippen molar-refractivity contribution in [3.8, 4) is 5.88 Å². The monoisotopic (exact) mass is 436 g/mol. The zero-order valence-corrected chi connectivity index (χ0v) is 16.8. The van der Waals surface area contributed by atoms with Gasteiger partial charge in [-0.1, -0.05) is 6.08 Å². The number of nitrogens with two attached hydrogens (primary N) is 2. The first-order chi connectivity index (χ1) is 12.5. The van der Waals surface area contributed by atoms with Gasteiger partial charge in [-0.3, -0.25) is 0 Å². The van der Waals surface area contributed by atoms with Crippen molar-refractivity contribution < 1.29 is 4.74 Å². The number of halogens is 1. The lowest BCUT2D eigenvalue weighted by Crippen LogP contribution is -2.37. The van der Waals surface area contributed by atoms with Crippen LogP contribution in [0.3, 0.4) is 0 Å². The van der Waals surface area contributed by atoms with Gasteiger partial charge in [-0.15, -0.1) is 0 Å². The summed E-state index contributed by atoms with van der Waals surface area (Å²) in [6.07, 6.45) is 8.41. The lowest BCUT2D eigenvalue weighted by molar-refractivity contribution is 0.226. The molecule has 1 aromatic heterocycles. The summed E-state index contributed by atoms with van der Waals surface area (Å²) >= 11 is 5.05. The second kappa shape index (κ2) is 7.13. The van der Waals surface area contributed by atoms with Crippen molar-refractivity contribution >= 4 is 33.5 Å². The molecule has 0 radical (unpaired) electrons. The lowest BCUT2D eigenvalue weighted by atomic mass is 10.1. The maximum Gasteiger partial charge on any atom is 0.233 e. The average Bonchev–Trinajstić information content (AvgIpc) is 3.44. The smallest absolute Gasteiger partial charge is 0.233 e. The van der Waals surface area contributed by atoms with Gasteiger partial charge in [0.2, 0.25) is 5.88 Å². The normalized spacial score (nSPS) is 22.2. The Morgan fingerprint density at radius 3 is 3.00 bits per heavy atom. The van der Waals surface area contributed by atoms with E-state index in [9.17, 15) is 0 Å². The summed E-state index contributed by atoms with van der Waals surface area (Å²) in [5, 5.41) is 1.75. The van der Waals surface area contributed by atoms with E-state index >= 15 is 0 Å². The third-order valence-corrected chi connectivity index (χ3v) is 6.38. The number of nitrogens with zero attached hydrogens (tertiary/aromatic N) is 3. The standard InChI is InChI=1S/C17H21BrN6OS/c1-9-6-23-26-16-15(9)21-8-22-17(16)25-12-5-4-11(14(19)13(12)18)24(20)7-10-2-3-10/h4,6,8,10,12,23H,2-3,5,7,19-20H2,1H3.